The van der Waals surface area contributed by atoms with Crippen molar-refractivity contribution in [3.8, 4) is 0 Å². The Balaban J connectivity index is 1.31. The molecule has 0 spiro atoms. The van der Waals surface area contributed by atoms with E-state index >= 15 is 0 Å². The van der Waals surface area contributed by atoms with Gasteiger partial charge in [0.25, 0.3) is 0 Å². The predicted molar refractivity (Wildman–Crippen MR) is 130 cm³/mol. The summed E-state index contributed by atoms with van der Waals surface area (Å²) in [5, 5.41) is 11.9. The summed E-state index contributed by atoms with van der Waals surface area (Å²) in [4.78, 5) is 13.5. The number of hydrogen-bond donors (Lipinski definition) is 3. The Labute approximate surface area is 187 Å². The van der Waals surface area contributed by atoms with Gasteiger partial charge in [-0.1, -0.05) is 29.3 Å². The van der Waals surface area contributed by atoms with Gasteiger partial charge in [-0.25, -0.2) is 4.98 Å². The van der Waals surface area contributed by atoms with Gasteiger partial charge in [-0.05, 0) is 56.7 Å². The van der Waals surface area contributed by atoms with Crippen LogP contribution in [0.1, 0.15) is 17.7 Å². The van der Waals surface area contributed by atoms with E-state index in [1.54, 1.807) is 6.20 Å². The standard InChI is InChI=1S/C24H25ClN6/c1-16-4-7-19(8-5-16)30-23-14-17(2)29-24(31-23)28-12-3-11-26-21-10-13-27-22-15-18(25)6-9-20(21)22/h4-10,13-15H,3,11-12H2,1-2H3,(H,26,27)(H2,28,29,30,31). The van der Waals surface area contributed by atoms with Gasteiger partial charge >= 0.3 is 0 Å². The summed E-state index contributed by atoms with van der Waals surface area (Å²) in [7, 11) is 0. The largest absolute Gasteiger partial charge is 0.384 e. The summed E-state index contributed by atoms with van der Waals surface area (Å²) in [6.45, 7) is 5.61. The Hall–Kier alpha value is -3.38. The summed E-state index contributed by atoms with van der Waals surface area (Å²) in [6.07, 6.45) is 2.71. The second kappa shape index (κ2) is 9.62. The summed E-state index contributed by atoms with van der Waals surface area (Å²) < 4.78 is 0. The van der Waals surface area contributed by atoms with Crippen LogP contribution >= 0.6 is 11.6 Å². The average molecular weight is 433 g/mol. The van der Waals surface area contributed by atoms with Gasteiger partial charge in [0, 0.05) is 52.8 Å². The first-order chi connectivity index (χ1) is 15.1. The summed E-state index contributed by atoms with van der Waals surface area (Å²) in [5.74, 6) is 1.40. The third-order valence-corrected chi connectivity index (χ3v) is 5.07. The molecule has 0 saturated carbocycles. The smallest absolute Gasteiger partial charge is 0.224 e. The highest BCUT2D eigenvalue weighted by atomic mass is 35.5. The first-order valence-electron chi connectivity index (χ1n) is 10.3. The molecule has 0 radical (unpaired) electrons. The maximum absolute atomic E-state index is 6.06. The molecule has 0 amide bonds. The summed E-state index contributed by atoms with van der Waals surface area (Å²) in [5.41, 5.74) is 5.08. The zero-order chi connectivity index (χ0) is 21.6. The molecule has 158 valence electrons. The van der Waals surface area contributed by atoms with E-state index < -0.39 is 0 Å². The minimum Gasteiger partial charge on any atom is -0.384 e. The lowest BCUT2D eigenvalue weighted by atomic mass is 10.2. The fourth-order valence-electron chi connectivity index (χ4n) is 3.28. The predicted octanol–water partition coefficient (Wildman–Crippen LogP) is 5.95. The monoisotopic (exact) mass is 432 g/mol. The SMILES string of the molecule is Cc1ccc(Nc2cc(C)nc(NCCCNc3ccnc4cc(Cl)ccc34)n2)cc1. The number of benzene rings is 2. The molecule has 0 saturated heterocycles. The van der Waals surface area contributed by atoms with Crippen LogP contribution in [0.15, 0.2) is 60.8 Å². The number of pyridine rings is 1. The van der Waals surface area contributed by atoms with Crippen LogP contribution in [0.2, 0.25) is 5.02 Å². The number of aromatic nitrogens is 3. The van der Waals surface area contributed by atoms with Gasteiger partial charge < -0.3 is 16.0 Å². The van der Waals surface area contributed by atoms with E-state index in [9.17, 15) is 0 Å². The maximum Gasteiger partial charge on any atom is 0.224 e. The van der Waals surface area contributed by atoms with Crippen molar-refractivity contribution in [2.24, 2.45) is 0 Å². The van der Waals surface area contributed by atoms with Gasteiger partial charge in [0.05, 0.1) is 5.52 Å². The second-order valence-corrected chi connectivity index (χ2v) is 7.87. The van der Waals surface area contributed by atoms with E-state index in [4.69, 9.17) is 11.6 Å². The molecule has 4 aromatic rings. The molecule has 6 nitrogen and oxygen atoms in total. The van der Waals surface area contributed by atoms with Gasteiger partial charge in [-0.3, -0.25) is 4.98 Å². The molecule has 0 aliphatic carbocycles. The van der Waals surface area contributed by atoms with Crippen LogP contribution < -0.4 is 16.0 Å². The van der Waals surface area contributed by atoms with E-state index in [0.717, 1.165) is 53.3 Å². The Kier molecular flexibility index (Phi) is 6.48. The van der Waals surface area contributed by atoms with Gasteiger partial charge in [0.1, 0.15) is 5.82 Å². The number of aryl methyl sites for hydroxylation is 2. The first kappa shape index (κ1) is 20.9. The zero-order valence-corrected chi connectivity index (χ0v) is 18.4. The number of rotatable bonds is 8. The molecule has 0 aliphatic heterocycles. The molecule has 0 aliphatic rings. The lowest BCUT2D eigenvalue weighted by Gasteiger charge is -2.11. The fraction of sp³-hybridized carbons (Fsp3) is 0.208. The molecular formula is C24H25ClN6. The molecule has 4 rings (SSSR count). The highest BCUT2D eigenvalue weighted by molar-refractivity contribution is 6.31. The van der Waals surface area contributed by atoms with Crippen LogP contribution in [0.4, 0.5) is 23.1 Å². The van der Waals surface area contributed by atoms with E-state index in [2.05, 4.69) is 50.0 Å². The number of fused-ring (bicyclic) bond motifs is 1. The van der Waals surface area contributed by atoms with Crippen molar-refractivity contribution in [3.05, 3.63) is 77.1 Å². The van der Waals surface area contributed by atoms with Crippen molar-refractivity contribution in [2.75, 3.05) is 29.0 Å². The van der Waals surface area contributed by atoms with Gasteiger partial charge in [0.15, 0.2) is 0 Å². The first-order valence-corrected chi connectivity index (χ1v) is 10.7. The third kappa shape index (κ3) is 5.61. The van der Waals surface area contributed by atoms with Crippen molar-refractivity contribution < 1.29 is 0 Å². The van der Waals surface area contributed by atoms with Gasteiger partial charge in [-0.15, -0.1) is 0 Å². The highest BCUT2D eigenvalue weighted by Gasteiger charge is 2.04. The minimum atomic E-state index is 0.624. The van der Waals surface area contributed by atoms with Crippen molar-refractivity contribution in [1.82, 2.24) is 15.0 Å². The fourth-order valence-corrected chi connectivity index (χ4v) is 3.45. The Morgan fingerprint density at radius 3 is 2.52 bits per heavy atom. The van der Waals surface area contributed by atoms with E-state index in [1.165, 1.54) is 5.56 Å². The lowest BCUT2D eigenvalue weighted by Crippen LogP contribution is -2.12. The van der Waals surface area contributed by atoms with Crippen LogP contribution in [0.5, 0.6) is 0 Å². The lowest BCUT2D eigenvalue weighted by molar-refractivity contribution is 0.893. The molecule has 3 N–H and O–H groups in total. The quantitative estimate of drug-likeness (QED) is 0.298. The van der Waals surface area contributed by atoms with Crippen LogP contribution in [-0.2, 0) is 0 Å². The van der Waals surface area contributed by atoms with Crippen molar-refractivity contribution >= 4 is 45.6 Å². The number of hydrogen-bond acceptors (Lipinski definition) is 6. The molecule has 0 unspecified atom stereocenters. The Morgan fingerprint density at radius 1 is 0.871 bits per heavy atom. The van der Waals surface area contributed by atoms with E-state index in [1.807, 2.05) is 49.4 Å². The van der Waals surface area contributed by atoms with Crippen molar-refractivity contribution in [3.63, 3.8) is 0 Å². The minimum absolute atomic E-state index is 0.624. The second-order valence-electron chi connectivity index (χ2n) is 7.44. The number of halogens is 1. The van der Waals surface area contributed by atoms with Gasteiger partial charge in [0.2, 0.25) is 5.95 Å². The highest BCUT2D eigenvalue weighted by Crippen LogP contribution is 2.24. The summed E-state index contributed by atoms with van der Waals surface area (Å²) in [6, 6.07) is 17.9. The van der Waals surface area contributed by atoms with E-state index in [0.29, 0.717) is 11.0 Å². The molecular weight excluding hydrogens is 408 g/mol. The number of nitrogens with one attached hydrogen (secondary N) is 3. The normalized spacial score (nSPS) is 10.8. The molecule has 7 heteroatoms. The number of anilines is 4. The van der Waals surface area contributed by atoms with Gasteiger partial charge in [-0.2, -0.15) is 4.98 Å². The third-order valence-electron chi connectivity index (χ3n) is 4.84. The van der Waals surface area contributed by atoms with Crippen molar-refractivity contribution in [2.45, 2.75) is 20.3 Å². The molecule has 0 atom stereocenters. The maximum atomic E-state index is 6.06. The molecule has 0 bridgehead atoms. The average Bonchev–Trinajstić information content (AvgIpc) is 2.74. The molecule has 2 heterocycles. The van der Waals surface area contributed by atoms with Crippen molar-refractivity contribution in [1.29, 1.82) is 0 Å². The number of nitrogens with zero attached hydrogens (tertiary/aromatic N) is 3. The van der Waals surface area contributed by atoms with Crippen LogP contribution in [-0.4, -0.2) is 28.0 Å². The summed E-state index contributed by atoms with van der Waals surface area (Å²) >= 11 is 6.06. The molecule has 2 aromatic heterocycles. The van der Waals surface area contributed by atoms with Crippen LogP contribution in [0.3, 0.4) is 0 Å². The zero-order valence-electron chi connectivity index (χ0n) is 17.6. The van der Waals surface area contributed by atoms with Crippen LogP contribution in [0, 0.1) is 13.8 Å². The molecule has 2 aromatic carbocycles. The topological polar surface area (TPSA) is 74.8 Å². The molecule has 0 fully saturated rings. The Bertz CT molecular complexity index is 1180. The Morgan fingerprint density at radius 2 is 1.68 bits per heavy atom. The van der Waals surface area contributed by atoms with Crippen LogP contribution in [0.25, 0.3) is 10.9 Å². The van der Waals surface area contributed by atoms with E-state index in [-0.39, 0.29) is 0 Å². The molecule has 31 heavy (non-hydrogen) atoms.